The third-order valence-electron chi connectivity index (χ3n) is 1.84. The molecule has 0 aliphatic rings. The number of amides is 1. The van der Waals surface area contributed by atoms with Crippen molar-refractivity contribution >= 4 is 43.5 Å². The molecule has 0 heterocycles. The van der Waals surface area contributed by atoms with Crippen LogP contribution < -0.4 is 10.6 Å². The van der Waals surface area contributed by atoms with E-state index in [2.05, 4.69) is 42.5 Å². The van der Waals surface area contributed by atoms with Gasteiger partial charge in [0.15, 0.2) is 0 Å². The number of carbonyl (C=O) groups is 1. The number of carbonyl (C=O) groups excluding carboxylic acids is 1. The molecule has 1 rings (SSSR count). The molecule has 0 aromatic heterocycles. The lowest BCUT2D eigenvalue weighted by Crippen LogP contribution is -2.34. The minimum absolute atomic E-state index is 0.0161. The molecule has 0 saturated carbocycles. The molecule has 88 valence electrons. The van der Waals surface area contributed by atoms with Gasteiger partial charge in [-0.05, 0) is 57.8 Å². The number of hydrogen-bond donors (Lipinski definition) is 2. The Morgan fingerprint density at radius 1 is 1.31 bits per heavy atom. The highest BCUT2D eigenvalue weighted by Crippen LogP contribution is 2.30. The van der Waals surface area contributed by atoms with Gasteiger partial charge in [-0.3, -0.25) is 4.79 Å². The van der Waals surface area contributed by atoms with E-state index in [1.54, 1.807) is 0 Å². The summed E-state index contributed by atoms with van der Waals surface area (Å²) in [6.07, 6.45) is 0. The average Bonchev–Trinajstić information content (AvgIpc) is 2.15. The molecule has 0 unspecified atom stereocenters. The van der Waals surface area contributed by atoms with Crippen LogP contribution in [0.25, 0.3) is 0 Å². The van der Waals surface area contributed by atoms with Crippen molar-refractivity contribution in [2.75, 3.05) is 11.9 Å². The molecule has 3 nitrogen and oxygen atoms in total. The van der Waals surface area contributed by atoms with Crippen LogP contribution in [0.5, 0.6) is 0 Å². The van der Waals surface area contributed by atoms with Gasteiger partial charge in [0.2, 0.25) is 5.91 Å². The molecule has 1 aromatic rings. The lowest BCUT2D eigenvalue weighted by atomic mass is 10.3. The molecule has 0 bridgehead atoms. The first-order chi connectivity index (χ1) is 7.50. The van der Waals surface area contributed by atoms with Crippen LogP contribution in [0, 0.1) is 0 Å². The summed E-state index contributed by atoms with van der Waals surface area (Å²) in [4.78, 5) is 11.4. The molecule has 0 fully saturated rings. The molecule has 0 saturated heterocycles. The first-order valence-electron chi connectivity index (χ1n) is 4.98. The first-order valence-corrected chi connectivity index (χ1v) is 6.56. The number of para-hydroxylation sites is 1. The second-order valence-corrected chi connectivity index (χ2v) is 5.38. The number of benzene rings is 1. The zero-order valence-electron chi connectivity index (χ0n) is 9.18. The van der Waals surface area contributed by atoms with E-state index >= 15 is 0 Å². The van der Waals surface area contributed by atoms with E-state index < -0.39 is 0 Å². The summed E-state index contributed by atoms with van der Waals surface area (Å²) in [5.41, 5.74) is 0.890. The molecule has 0 atom stereocenters. The van der Waals surface area contributed by atoms with Crippen LogP contribution in [0.1, 0.15) is 13.8 Å². The number of rotatable bonds is 4. The highest BCUT2D eigenvalue weighted by molar-refractivity contribution is 9.11. The Bertz CT molecular complexity index is 360. The SMILES string of the molecule is CC(C)NC(=O)CNc1c(Br)cccc1Br. The van der Waals surface area contributed by atoms with Crippen molar-refractivity contribution in [3.63, 3.8) is 0 Å². The van der Waals surface area contributed by atoms with Crippen molar-refractivity contribution in [2.24, 2.45) is 0 Å². The van der Waals surface area contributed by atoms with Gasteiger partial charge in [-0.25, -0.2) is 0 Å². The predicted octanol–water partition coefficient (Wildman–Crippen LogP) is 3.15. The highest BCUT2D eigenvalue weighted by atomic mass is 79.9. The molecule has 1 aromatic carbocycles. The van der Waals surface area contributed by atoms with E-state index in [4.69, 9.17) is 0 Å². The van der Waals surface area contributed by atoms with Gasteiger partial charge in [0, 0.05) is 15.0 Å². The third kappa shape index (κ3) is 4.14. The predicted molar refractivity (Wildman–Crippen MR) is 73.6 cm³/mol. The molecule has 5 heteroatoms. The fraction of sp³-hybridized carbons (Fsp3) is 0.364. The Labute approximate surface area is 112 Å². The van der Waals surface area contributed by atoms with Crippen molar-refractivity contribution in [3.05, 3.63) is 27.1 Å². The zero-order chi connectivity index (χ0) is 12.1. The van der Waals surface area contributed by atoms with Crippen molar-refractivity contribution in [3.8, 4) is 0 Å². The maximum absolute atomic E-state index is 11.4. The van der Waals surface area contributed by atoms with Crippen LogP contribution in [0.3, 0.4) is 0 Å². The number of hydrogen-bond acceptors (Lipinski definition) is 2. The Morgan fingerprint density at radius 3 is 2.38 bits per heavy atom. The smallest absolute Gasteiger partial charge is 0.239 e. The minimum atomic E-state index is -0.0161. The maximum atomic E-state index is 11.4. The summed E-state index contributed by atoms with van der Waals surface area (Å²) < 4.78 is 1.86. The minimum Gasteiger partial charge on any atom is -0.374 e. The average molecular weight is 350 g/mol. The molecule has 2 N–H and O–H groups in total. The van der Waals surface area contributed by atoms with Crippen LogP contribution in [-0.4, -0.2) is 18.5 Å². The fourth-order valence-corrected chi connectivity index (χ4v) is 2.49. The monoisotopic (exact) mass is 348 g/mol. The second-order valence-electron chi connectivity index (χ2n) is 3.67. The highest BCUT2D eigenvalue weighted by Gasteiger charge is 2.07. The Balaban J connectivity index is 2.58. The van der Waals surface area contributed by atoms with E-state index in [1.807, 2.05) is 32.0 Å². The third-order valence-corrected chi connectivity index (χ3v) is 3.16. The lowest BCUT2D eigenvalue weighted by molar-refractivity contribution is -0.119. The Hall–Kier alpha value is -0.550. The van der Waals surface area contributed by atoms with Gasteiger partial charge in [0.1, 0.15) is 0 Å². The topological polar surface area (TPSA) is 41.1 Å². The van der Waals surface area contributed by atoms with Crippen molar-refractivity contribution in [1.29, 1.82) is 0 Å². The molecular formula is C11H14Br2N2O. The molecule has 1 amide bonds. The van der Waals surface area contributed by atoms with Crippen LogP contribution in [-0.2, 0) is 4.79 Å². The summed E-state index contributed by atoms with van der Waals surface area (Å²) in [6, 6.07) is 5.94. The van der Waals surface area contributed by atoms with E-state index in [9.17, 15) is 4.79 Å². The molecule has 0 spiro atoms. The quantitative estimate of drug-likeness (QED) is 0.876. The summed E-state index contributed by atoms with van der Waals surface area (Å²) in [7, 11) is 0. The molecule has 0 aliphatic heterocycles. The summed E-state index contributed by atoms with van der Waals surface area (Å²) in [5.74, 6) is -0.0161. The number of nitrogens with one attached hydrogen (secondary N) is 2. The van der Waals surface area contributed by atoms with Crippen molar-refractivity contribution < 1.29 is 4.79 Å². The van der Waals surface area contributed by atoms with Gasteiger partial charge in [-0.15, -0.1) is 0 Å². The summed E-state index contributed by atoms with van der Waals surface area (Å²) in [5, 5.41) is 5.90. The van der Waals surface area contributed by atoms with Gasteiger partial charge in [-0.2, -0.15) is 0 Å². The van der Waals surface area contributed by atoms with Crippen molar-refractivity contribution in [1.82, 2.24) is 5.32 Å². The fourth-order valence-electron chi connectivity index (χ4n) is 1.21. The van der Waals surface area contributed by atoms with Gasteiger partial charge in [0.25, 0.3) is 0 Å². The molecule has 16 heavy (non-hydrogen) atoms. The maximum Gasteiger partial charge on any atom is 0.239 e. The van der Waals surface area contributed by atoms with E-state index in [0.29, 0.717) is 0 Å². The van der Waals surface area contributed by atoms with E-state index in [1.165, 1.54) is 0 Å². The summed E-state index contributed by atoms with van der Waals surface area (Å²) in [6.45, 7) is 4.14. The van der Waals surface area contributed by atoms with E-state index in [-0.39, 0.29) is 18.5 Å². The molecule has 0 aliphatic carbocycles. The van der Waals surface area contributed by atoms with Gasteiger partial charge >= 0.3 is 0 Å². The first kappa shape index (κ1) is 13.5. The lowest BCUT2D eigenvalue weighted by Gasteiger charge is -2.12. The Kier molecular flexibility index (Phi) is 5.28. The van der Waals surface area contributed by atoms with Crippen LogP contribution >= 0.6 is 31.9 Å². The van der Waals surface area contributed by atoms with Crippen LogP contribution in [0.2, 0.25) is 0 Å². The molecular weight excluding hydrogens is 336 g/mol. The normalized spacial score (nSPS) is 10.3. The van der Waals surface area contributed by atoms with Crippen LogP contribution in [0.4, 0.5) is 5.69 Å². The van der Waals surface area contributed by atoms with Gasteiger partial charge in [0.05, 0.1) is 12.2 Å². The largest absolute Gasteiger partial charge is 0.374 e. The van der Waals surface area contributed by atoms with E-state index in [0.717, 1.165) is 14.6 Å². The zero-order valence-corrected chi connectivity index (χ0v) is 12.4. The number of halogens is 2. The van der Waals surface area contributed by atoms with Gasteiger partial charge in [-0.1, -0.05) is 6.07 Å². The van der Waals surface area contributed by atoms with Crippen molar-refractivity contribution in [2.45, 2.75) is 19.9 Å². The molecule has 0 radical (unpaired) electrons. The van der Waals surface area contributed by atoms with Crippen LogP contribution in [0.15, 0.2) is 27.1 Å². The Morgan fingerprint density at radius 2 is 1.88 bits per heavy atom. The number of anilines is 1. The summed E-state index contributed by atoms with van der Waals surface area (Å²) >= 11 is 6.85. The second kappa shape index (κ2) is 6.25. The van der Waals surface area contributed by atoms with Gasteiger partial charge < -0.3 is 10.6 Å². The standard InChI is InChI=1S/C11H14Br2N2O/c1-7(2)15-10(16)6-14-11-8(12)4-3-5-9(11)13/h3-5,7,14H,6H2,1-2H3,(H,15,16).